The van der Waals surface area contributed by atoms with Crippen LogP contribution in [0.4, 0.5) is 0 Å². The first kappa shape index (κ1) is 21.6. The minimum atomic E-state index is -0.770. The molecule has 0 radical (unpaired) electrons. The van der Waals surface area contributed by atoms with Crippen molar-refractivity contribution in [3.63, 3.8) is 0 Å². The van der Waals surface area contributed by atoms with Crippen molar-refractivity contribution in [3.8, 4) is 11.5 Å². The van der Waals surface area contributed by atoms with Crippen LogP contribution in [0.1, 0.15) is 30.9 Å². The fraction of sp³-hybridized carbons (Fsp3) is 0.421. The van der Waals surface area contributed by atoms with Crippen LogP contribution in [-0.4, -0.2) is 35.4 Å². The second-order valence-electron chi connectivity index (χ2n) is 6.00. The van der Waals surface area contributed by atoms with Gasteiger partial charge in [0.2, 0.25) is 5.91 Å². The van der Waals surface area contributed by atoms with E-state index in [1.165, 1.54) is 11.8 Å². The summed E-state index contributed by atoms with van der Waals surface area (Å²) in [5, 5.41) is 3.87. The van der Waals surface area contributed by atoms with E-state index < -0.39 is 12.0 Å². The summed E-state index contributed by atoms with van der Waals surface area (Å²) < 4.78 is 16.0. The monoisotopic (exact) mass is 407 g/mol. The summed E-state index contributed by atoms with van der Waals surface area (Å²) in [4.78, 5) is 24.0. The van der Waals surface area contributed by atoms with Crippen LogP contribution in [0.3, 0.4) is 0 Å². The molecule has 0 saturated carbocycles. The lowest BCUT2D eigenvalue weighted by atomic mass is 10.2. The number of thioether (sulfide) groups is 1. The van der Waals surface area contributed by atoms with Crippen molar-refractivity contribution in [1.29, 1.82) is 0 Å². The van der Waals surface area contributed by atoms with Gasteiger partial charge in [0.15, 0.2) is 6.10 Å². The lowest BCUT2D eigenvalue weighted by Gasteiger charge is -2.15. The van der Waals surface area contributed by atoms with Crippen LogP contribution in [0.2, 0.25) is 0 Å². The van der Waals surface area contributed by atoms with Crippen molar-refractivity contribution in [2.24, 2.45) is 0 Å². The Hall–Kier alpha value is -2.68. The van der Waals surface area contributed by atoms with Gasteiger partial charge in [-0.15, -0.1) is 11.8 Å². The summed E-state index contributed by atoms with van der Waals surface area (Å²) in [6.07, 6.45) is -0.770. The van der Waals surface area contributed by atoms with Crippen LogP contribution >= 0.6 is 11.8 Å². The molecule has 1 atom stereocenters. The number of hydrazine groups is 1. The Bertz CT molecular complexity index is 772. The zero-order valence-electron chi connectivity index (χ0n) is 16.4. The van der Waals surface area contributed by atoms with E-state index in [0.717, 1.165) is 22.8 Å². The van der Waals surface area contributed by atoms with E-state index >= 15 is 0 Å². The maximum Gasteiger partial charge on any atom is 0.279 e. The molecule has 2 aromatic rings. The Morgan fingerprint density at radius 3 is 2.46 bits per heavy atom. The lowest BCUT2D eigenvalue weighted by Crippen LogP contribution is -2.47. The first-order valence-electron chi connectivity index (χ1n) is 8.88. The molecular weight excluding hydrogens is 382 g/mol. The molecule has 9 heteroatoms. The van der Waals surface area contributed by atoms with Gasteiger partial charge in [-0.1, -0.05) is 5.16 Å². The fourth-order valence-electron chi connectivity index (χ4n) is 2.26. The molecule has 1 aromatic heterocycles. The number of benzene rings is 1. The van der Waals surface area contributed by atoms with E-state index in [1.54, 1.807) is 31.2 Å². The Balaban J connectivity index is 1.69. The van der Waals surface area contributed by atoms with Gasteiger partial charge < -0.3 is 14.0 Å². The average Bonchev–Trinajstić information content (AvgIpc) is 2.99. The third-order valence-electron chi connectivity index (χ3n) is 3.80. The maximum absolute atomic E-state index is 12.1. The van der Waals surface area contributed by atoms with Crippen molar-refractivity contribution in [2.45, 2.75) is 39.6 Å². The van der Waals surface area contributed by atoms with Crippen molar-refractivity contribution >= 4 is 23.6 Å². The average molecular weight is 407 g/mol. The first-order valence-corrected chi connectivity index (χ1v) is 10.0. The van der Waals surface area contributed by atoms with Crippen LogP contribution in [0.5, 0.6) is 11.5 Å². The molecule has 0 aliphatic rings. The smallest absolute Gasteiger partial charge is 0.279 e. The second-order valence-corrected chi connectivity index (χ2v) is 6.98. The number of aromatic nitrogens is 1. The number of carbonyl (C=O) groups is 2. The number of nitrogens with zero attached hydrogens (tertiary/aromatic N) is 1. The molecule has 2 N–H and O–H groups in total. The minimum absolute atomic E-state index is 0.193. The van der Waals surface area contributed by atoms with Crippen molar-refractivity contribution in [3.05, 3.63) is 41.3 Å². The predicted molar refractivity (Wildman–Crippen MR) is 106 cm³/mol. The Morgan fingerprint density at radius 1 is 1.18 bits per heavy atom. The van der Waals surface area contributed by atoms with Gasteiger partial charge in [-0.3, -0.25) is 20.4 Å². The highest BCUT2D eigenvalue weighted by Crippen LogP contribution is 2.19. The molecule has 0 fully saturated rings. The molecule has 152 valence electrons. The molecule has 0 aliphatic carbocycles. The maximum atomic E-state index is 12.1. The van der Waals surface area contributed by atoms with Crippen molar-refractivity contribution in [1.82, 2.24) is 16.0 Å². The SMILES string of the molecule is CCOc1ccc(OC(C)C(=O)NNC(=O)CSCc2c(C)noc2C)cc1. The van der Waals surface area contributed by atoms with Crippen LogP contribution in [0, 0.1) is 13.8 Å². The fourth-order valence-corrected chi connectivity index (χ4v) is 3.24. The minimum Gasteiger partial charge on any atom is -0.494 e. The summed E-state index contributed by atoms with van der Waals surface area (Å²) in [7, 11) is 0. The third kappa shape index (κ3) is 6.49. The van der Waals surface area contributed by atoms with E-state index in [1.807, 2.05) is 20.8 Å². The predicted octanol–water partition coefficient (Wildman–Crippen LogP) is 2.54. The summed E-state index contributed by atoms with van der Waals surface area (Å²) in [5.41, 5.74) is 6.56. The van der Waals surface area contributed by atoms with Crippen LogP contribution in [0.25, 0.3) is 0 Å². The lowest BCUT2D eigenvalue weighted by molar-refractivity contribution is -0.131. The van der Waals surface area contributed by atoms with Gasteiger partial charge in [0.05, 0.1) is 18.1 Å². The highest BCUT2D eigenvalue weighted by atomic mass is 32.2. The van der Waals surface area contributed by atoms with E-state index in [0.29, 0.717) is 18.1 Å². The van der Waals surface area contributed by atoms with Gasteiger partial charge in [-0.05, 0) is 52.0 Å². The number of nitrogens with one attached hydrogen (secondary N) is 2. The number of ether oxygens (including phenoxy) is 2. The summed E-state index contributed by atoms with van der Waals surface area (Å²) in [6.45, 7) is 7.78. The second kappa shape index (κ2) is 10.6. The molecule has 2 rings (SSSR count). The molecule has 2 amide bonds. The quantitative estimate of drug-likeness (QED) is 0.616. The molecule has 1 unspecified atom stereocenters. The number of aryl methyl sites for hydroxylation is 2. The van der Waals surface area contributed by atoms with E-state index in [4.69, 9.17) is 14.0 Å². The highest BCUT2D eigenvalue weighted by Gasteiger charge is 2.16. The standard InChI is InChI=1S/C19H25N3O5S/c1-5-25-15-6-8-16(9-7-15)26-14(4)19(24)21-20-18(23)11-28-10-17-12(2)22-27-13(17)3/h6-9,14H,5,10-11H2,1-4H3,(H,20,23)(H,21,24). The molecule has 1 aromatic carbocycles. The Morgan fingerprint density at radius 2 is 1.86 bits per heavy atom. The normalized spacial score (nSPS) is 11.6. The summed E-state index contributed by atoms with van der Waals surface area (Å²) in [6, 6.07) is 6.97. The summed E-state index contributed by atoms with van der Waals surface area (Å²) in [5.74, 6) is 2.06. The molecule has 0 spiro atoms. The summed E-state index contributed by atoms with van der Waals surface area (Å²) >= 11 is 1.41. The van der Waals surface area contributed by atoms with Crippen LogP contribution in [0.15, 0.2) is 28.8 Å². The first-order chi connectivity index (χ1) is 13.4. The van der Waals surface area contributed by atoms with E-state index in [2.05, 4.69) is 16.0 Å². The number of hydrogen-bond donors (Lipinski definition) is 2. The molecule has 8 nitrogen and oxygen atoms in total. The Labute approximate surface area is 168 Å². The largest absolute Gasteiger partial charge is 0.494 e. The van der Waals surface area contributed by atoms with Crippen molar-refractivity contribution in [2.75, 3.05) is 12.4 Å². The van der Waals surface area contributed by atoms with Gasteiger partial charge in [-0.2, -0.15) is 0 Å². The molecule has 0 saturated heterocycles. The number of amides is 2. The molecule has 1 heterocycles. The zero-order chi connectivity index (χ0) is 20.5. The van der Waals surface area contributed by atoms with Gasteiger partial charge in [0.1, 0.15) is 17.3 Å². The van der Waals surface area contributed by atoms with Crippen LogP contribution < -0.4 is 20.3 Å². The molecule has 28 heavy (non-hydrogen) atoms. The molecule has 0 bridgehead atoms. The van der Waals surface area contributed by atoms with Crippen molar-refractivity contribution < 1.29 is 23.6 Å². The number of hydrogen-bond acceptors (Lipinski definition) is 7. The zero-order valence-corrected chi connectivity index (χ0v) is 17.2. The van der Waals surface area contributed by atoms with E-state index in [9.17, 15) is 9.59 Å². The highest BCUT2D eigenvalue weighted by molar-refractivity contribution is 7.99. The van der Waals surface area contributed by atoms with Crippen LogP contribution in [-0.2, 0) is 15.3 Å². The number of carbonyl (C=O) groups excluding carboxylic acids is 2. The Kier molecular flexibility index (Phi) is 8.19. The van der Waals surface area contributed by atoms with E-state index in [-0.39, 0.29) is 11.7 Å². The van der Waals surface area contributed by atoms with Gasteiger partial charge >= 0.3 is 0 Å². The van der Waals surface area contributed by atoms with Gasteiger partial charge in [-0.25, -0.2) is 0 Å². The number of rotatable bonds is 9. The third-order valence-corrected chi connectivity index (χ3v) is 4.76. The molecular formula is C19H25N3O5S. The molecule has 0 aliphatic heterocycles. The van der Waals surface area contributed by atoms with Gasteiger partial charge in [0, 0.05) is 11.3 Å². The topological polar surface area (TPSA) is 103 Å². The van der Waals surface area contributed by atoms with Gasteiger partial charge in [0.25, 0.3) is 5.91 Å².